The third-order valence-electron chi connectivity index (χ3n) is 1.35. The SMILES string of the molecule is CC(C)(C)CC(=O)C(C)(C)Br. The Balaban J connectivity index is 4.11. The van der Waals surface area contributed by atoms with Crippen LogP contribution in [0.25, 0.3) is 0 Å². The molecule has 0 amide bonds. The molecular weight excluding hydrogens is 204 g/mol. The zero-order chi connectivity index (χ0) is 9.28. The smallest absolute Gasteiger partial charge is 0.149 e. The first kappa shape index (κ1) is 11.2. The van der Waals surface area contributed by atoms with Crippen molar-refractivity contribution in [1.29, 1.82) is 0 Å². The summed E-state index contributed by atoms with van der Waals surface area (Å²) in [7, 11) is 0. The largest absolute Gasteiger partial charge is 0.298 e. The van der Waals surface area contributed by atoms with E-state index in [2.05, 4.69) is 36.7 Å². The van der Waals surface area contributed by atoms with Gasteiger partial charge in [-0.2, -0.15) is 0 Å². The number of rotatable bonds is 2. The molecule has 11 heavy (non-hydrogen) atoms. The van der Waals surface area contributed by atoms with Crippen LogP contribution >= 0.6 is 15.9 Å². The molecule has 0 fully saturated rings. The highest BCUT2D eigenvalue weighted by atomic mass is 79.9. The number of carbonyl (C=O) groups excluding carboxylic acids is 1. The van der Waals surface area contributed by atoms with E-state index in [1.54, 1.807) is 0 Å². The normalized spacial score (nSPS) is 13.3. The molecule has 0 atom stereocenters. The Morgan fingerprint density at radius 1 is 1.18 bits per heavy atom. The number of halogens is 1. The molecule has 0 spiro atoms. The summed E-state index contributed by atoms with van der Waals surface area (Å²) >= 11 is 3.35. The predicted octanol–water partition coefficient (Wildman–Crippen LogP) is 3.17. The highest BCUT2D eigenvalue weighted by molar-refractivity contribution is 9.10. The zero-order valence-electron chi connectivity index (χ0n) is 7.99. The van der Waals surface area contributed by atoms with Gasteiger partial charge < -0.3 is 0 Å². The second-order valence-corrected chi connectivity index (χ2v) is 6.62. The minimum atomic E-state index is -0.361. The fraction of sp³-hybridized carbons (Fsp3) is 0.889. The number of carbonyl (C=O) groups is 1. The van der Waals surface area contributed by atoms with E-state index in [1.165, 1.54) is 0 Å². The maximum atomic E-state index is 11.4. The first-order valence-corrected chi connectivity index (χ1v) is 4.64. The monoisotopic (exact) mass is 220 g/mol. The van der Waals surface area contributed by atoms with Crippen LogP contribution in [0.1, 0.15) is 41.0 Å². The number of Topliss-reactive ketones (excluding diaryl/α,β-unsaturated/α-hetero) is 1. The highest BCUT2D eigenvalue weighted by Gasteiger charge is 2.27. The molecule has 0 heterocycles. The van der Waals surface area contributed by atoms with Gasteiger partial charge in [-0.15, -0.1) is 0 Å². The van der Waals surface area contributed by atoms with Crippen LogP contribution in [0.3, 0.4) is 0 Å². The Bertz CT molecular complexity index is 148. The van der Waals surface area contributed by atoms with Gasteiger partial charge in [0.1, 0.15) is 5.78 Å². The molecule has 0 aromatic rings. The molecule has 0 aromatic carbocycles. The van der Waals surface area contributed by atoms with Crippen LogP contribution in [-0.2, 0) is 4.79 Å². The molecule has 0 aliphatic heterocycles. The van der Waals surface area contributed by atoms with Crippen molar-refractivity contribution in [3.63, 3.8) is 0 Å². The van der Waals surface area contributed by atoms with Crippen LogP contribution in [0.5, 0.6) is 0 Å². The molecule has 0 saturated carbocycles. The third-order valence-corrected chi connectivity index (χ3v) is 1.80. The van der Waals surface area contributed by atoms with Crippen molar-refractivity contribution in [1.82, 2.24) is 0 Å². The Morgan fingerprint density at radius 2 is 1.55 bits per heavy atom. The summed E-state index contributed by atoms with van der Waals surface area (Å²) in [6.07, 6.45) is 0.630. The standard InChI is InChI=1S/C9H17BrO/c1-8(2,3)6-7(11)9(4,5)10/h6H2,1-5H3. The van der Waals surface area contributed by atoms with E-state index >= 15 is 0 Å². The van der Waals surface area contributed by atoms with Gasteiger partial charge in [-0.25, -0.2) is 0 Å². The fourth-order valence-electron chi connectivity index (χ4n) is 0.692. The lowest BCUT2D eigenvalue weighted by molar-refractivity contribution is -0.122. The van der Waals surface area contributed by atoms with Crippen molar-refractivity contribution in [2.75, 3.05) is 0 Å². The summed E-state index contributed by atoms with van der Waals surface area (Å²) in [5.41, 5.74) is 0.0993. The van der Waals surface area contributed by atoms with Crippen LogP contribution in [0.15, 0.2) is 0 Å². The van der Waals surface area contributed by atoms with Gasteiger partial charge in [0.2, 0.25) is 0 Å². The maximum absolute atomic E-state index is 11.4. The molecule has 66 valence electrons. The van der Waals surface area contributed by atoms with Gasteiger partial charge in [-0.1, -0.05) is 36.7 Å². The molecule has 2 heteroatoms. The molecule has 0 bridgehead atoms. The van der Waals surface area contributed by atoms with E-state index in [0.29, 0.717) is 6.42 Å². The van der Waals surface area contributed by atoms with Gasteiger partial charge in [0.25, 0.3) is 0 Å². The molecule has 0 aliphatic carbocycles. The predicted molar refractivity (Wildman–Crippen MR) is 52.1 cm³/mol. The van der Waals surface area contributed by atoms with Crippen molar-refractivity contribution in [2.24, 2.45) is 5.41 Å². The molecule has 1 nitrogen and oxygen atoms in total. The minimum absolute atomic E-state index is 0.0993. The third kappa shape index (κ3) is 5.42. The summed E-state index contributed by atoms with van der Waals surface area (Å²) in [5.74, 6) is 0.269. The van der Waals surface area contributed by atoms with Crippen molar-refractivity contribution in [3.8, 4) is 0 Å². The summed E-state index contributed by atoms with van der Waals surface area (Å²) < 4.78 is -0.361. The number of alkyl halides is 1. The van der Waals surface area contributed by atoms with E-state index in [9.17, 15) is 4.79 Å². The molecule has 0 N–H and O–H groups in total. The van der Waals surface area contributed by atoms with Crippen molar-refractivity contribution < 1.29 is 4.79 Å². The van der Waals surface area contributed by atoms with Gasteiger partial charge in [0, 0.05) is 6.42 Å². The van der Waals surface area contributed by atoms with Crippen molar-refractivity contribution >= 4 is 21.7 Å². The van der Waals surface area contributed by atoms with Gasteiger partial charge in [-0.3, -0.25) is 4.79 Å². The Hall–Kier alpha value is 0.150. The first-order valence-electron chi connectivity index (χ1n) is 3.85. The molecular formula is C9H17BrO. The van der Waals surface area contributed by atoms with E-state index in [4.69, 9.17) is 0 Å². The molecule has 0 aromatic heterocycles. The van der Waals surface area contributed by atoms with E-state index in [1.807, 2.05) is 13.8 Å². The first-order chi connectivity index (χ1) is 4.63. The summed E-state index contributed by atoms with van der Waals surface area (Å²) in [4.78, 5) is 11.4. The van der Waals surface area contributed by atoms with Gasteiger partial charge in [0.05, 0.1) is 4.32 Å². The van der Waals surface area contributed by atoms with Crippen molar-refractivity contribution in [3.05, 3.63) is 0 Å². The van der Waals surface area contributed by atoms with Gasteiger partial charge in [0.15, 0.2) is 0 Å². The Morgan fingerprint density at radius 3 is 1.64 bits per heavy atom. The summed E-state index contributed by atoms with van der Waals surface area (Å²) in [5, 5.41) is 0. The number of ketones is 1. The number of hydrogen-bond acceptors (Lipinski definition) is 1. The van der Waals surface area contributed by atoms with Crippen LogP contribution < -0.4 is 0 Å². The Labute approximate surface area is 77.7 Å². The zero-order valence-corrected chi connectivity index (χ0v) is 9.58. The molecule has 0 unspecified atom stereocenters. The molecule has 0 radical (unpaired) electrons. The van der Waals surface area contributed by atoms with E-state index in [-0.39, 0.29) is 15.5 Å². The average molecular weight is 221 g/mol. The van der Waals surface area contributed by atoms with E-state index in [0.717, 1.165) is 0 Å². The minimum Gasteiger partial charge on any atom is -0.298 e. The van der Waals surface area contributed by atoms with Crippen LogP contribution in [0, 0.1) is 5.41 Å². The summed E-state index contributed by atoms with van der Waals surface area (Å²) in [6.45, 7) is 10.00. The van der Waals surface area contributed by atoms with Gasteiger partial charge >= 0.3 is 0 Å². The molecule has 0 aliphatic rings. The topological polar surface area (TPSA) is 17.1 Å². The van der Waals surface area contributed by atoms with Gasteiger partial charge in [-0.05, 0) is 19.3 Å². The van der Waals surface area contributed by atoms with Crippen LogP contribution in [-0.4, -0.2) is 10.1 Å². The lowest BCUT2D eigenvalue weighted by Gasteiger charge is -2.22. The van der Waals surface area contributed by atoms with E-state index < -0.39 is 0 Å². The fourth-order valence-corrected chi connectivity index (χ4v) is 0.832. The lowest BCUT2D eigenvalue weighted by atomic mass is 9.87. The second-order valence-electron chi connectivity index (χ2n) is 4.63. The average Bonchev–Trinajstić information content (AvgIpc) is 1.56. The lowest BCUT2D eigenvalue weighted by Crippen LogP contribution is -2.28. The molecule has 0 saturated heterocycles. The van der Waals surface area contributed by atoms with Crippen LogP contribution in [0.4, 0.5) is 0 Å². The number of hydrogen-bond donors (Lipinski definition) is 0. The quantitative estimate of drug-likeness (QED) is 0.654. The summed E-state index contributed by atoms with van der Waals surface area (Å²) in [6, 6.07) is 0. The van der Waals surface area contributed by atoms with Crippen molar-refractivity contribution in [2.45, 2.75) is 45.4 Å². The molecule has 0 rings (SSSR count). The van der Waals surface area contributed by atoms with Crippen LogP contribution in [0.2, 0.25) is 0 Å². The maximum Gasteiger partial charge on any atom is 0.149 e. The second kappa shape index (κ2) is 3.26. The highest BCUT2D eigenvalue weighted by Crippen LogP contribution is 2.26. The Kier molecular flexibility index (Phi) is 3.30.